The summed E-state index contributed by atoms with van der Waals surface area (Å²) in [6, 6.07) is 7.33. The highest BCUT2D eigenvalue weighted by atomic mass is 32.1. The summed E-state index contributed by atoms with van der Waals surface area (Å²) in [7, 11) is 0. The quantitative estimate of drug-likeness (QED) is 0.754. The van der Waals surface area contributed by atoms with Crippen molar-refractivity contribution < 1.29 is 4.79 Å². The first-order chi connectivity index (χ1) is 12.3. The summed E-state index contributed by atoms with van der Waals surface area (Å²) in [6.45, 7) is 2.15. The van der Waals surface area contributed by atoms with Gasteiger partial charge in [0.05, 0.1) is 22.2 Å². The van der Waals surface area contributed by atoms with E-state index >= 15 is 0 Å². The summed E-state index contributed by atoms with van der Waals surface area (Å²) >= 11 is 1.47. The van der Waals surface area contributed by atoms with Crippen LogP contribution in [-0.2, 0) is 6.42 Å². The first-order valence-corrected chi connectivity index (χ1v) is 9.28. The molecular weight excluding hydrogens is 334 g/mol. The maximum absolute atomic E-state index is 12.4. The number of carbonyl (C=O) groups is 1. The van der Waals surface area contributed by atoms with Crippen LogP contribution in [0.15, 0.2) is 36.7 Å². The van der Waals surface area contributed by atoms with Crippen LogP contribution >= 0.6 is 11.3 Å². The van der Waals surface area contributed by atoms with Gasteiger partial charge < -0.3 is 10.6 Å². The van der Waals surface area contributed by atoms with Crippen LogP contribution in [0.3, 0.4) is 0 Å². The lowest BCUT2D eigenvalue weighted by Gasteiger charge is -2.21. The smallest absolute Gasteiger partial charge is 0.268 e. The highest BCUT2D eigenvalue weighted by molar-refractivity contribution is 7.13. The van der Waals surface area contributed by atoms with E-state index in [-0.39, 0.29) is 5.91 Å². The molecule has 0 atom stereocenters. The standard InChI is InChI=1S/C18H19N5OS/c24-18(23-16-4-3-13-14(22-16)2-1-7-20-13)15-11-21-17(25-15)10-12-5-8-19-9-6-12/h1-4,7,11-12,19H,5-6,8-10H2,(H,22,23,24). The third-order valence-corrected chi connectivity index (χ3v) is 5.42. The van der Waals surface area contributed by atoms with Crippen molar-refractivity contribution in [1.82, 2.24) is 20.3 Å². The van der Waals surface area contributed by atoms with E-state index in [0.717, 1.165) is 35.6 Å². The summed E-state index contributed by atoms with van der Waals surface area (Å²) in [6.07, 6.45) is 6.70. The molecule has 4 rings (SSSR count). The van der Waals surface area contributed by atoms with Gasteiger partial charge in [-0.15, -0.1) is 11.3 Å². The van der Waals surface area contributed by atoms with Gasteiger partial charge in [-0.05, 0) is 56.1 Å². The molecule has 0 radical (unpaired) electrons. The number of piperidine rings is 1. The highest BCUT2D eigenvalue weighted by Gasteiger charge is 2.17. The van der Waals surface area contributed by atoms with Crippen molar-refractivity contribution in [3.8, 4) is 0 Å². The number of nitrogens with zero attached hydrogens (tertiary/aromatic N) is 3. The van der Waals surface area contributed by atoms with Gasteiger partial charge in [0.25, 0.3) is 5.91 Å². The number of carbonyl (C=O) groups excluding carboxylic acids is 1. The zero-order valence-corrected chi connectivity index (χ0v) is 14.6. The van der Waals surface area contributed by atoms with Gasteiger partial charge in [-0.1, -0.05) is 0 Å². The van der Waals surface area contributed by atoms with Crippen LogP contribution < -0.4 is 10.6 Å². The molecule has 1 amide bonds. The maximum Gasteiger partial charge on any atom is 0.268 e. The molecule has 0 bridgehead atoms. The molecule has 1 aliphatic rings. The molecule has 4 heterocycles. The van der Waals surface area contributed by atoms with Crippen molar-refractivity contribution >= 4 is 34.1 Å². The van der Waals surface area contributed by atoms with Crippen LogP contribution in [0.1, 0.15) is 27.5 Å². The zero-order valence-electron chi connectivity index (χ0n) is 13.7. The van der Waals surface area contributed by atoms with E-state index in [9.17, 15) is 4.79 Å². The second kappa shape index (κ2) is 7.25. The van der Waals surface area contributed by atoms with Crippen LogP contribution in [0.4, 0.5) is 5.82 Å². The first kappa shape index (κ1) is 16.1. The molecule has 2 N–H and O–H groups in total. The van der Waals surface area contributed by atoms with Crippen molar-refractivity contribution in [2.75, 3.05) is 18.4 Å². The number of nitrogens with one attached hydrogen (secondary N) is 2. The minimum atomic E-state index is -0.162. The Morgan fingerprint density at radius 2 is 2.08 bits per heavy atom. The molecule has 0 aliphatic carbocycles. The molecule has 1 saturated heterocycles. The number of rotatable bonds is 4. The van der Waals surface area contributed by atoms with E-state index in [1.165, 1.54) is 24.2 Å². The number of anilines is 1. The van der Waals surface area contributed by atoms with Gasteiger partial charge in [0, 0.05) is 12.6 Å². The Bertz CT molecular complexity index is 888. The van der Waals surface area contributed by atoms with Crippen molar-refractivity contribution in [2.45, 2.75) is 19.3 Å². The van der Waals surface area contributed by atoms with Crippen molar-refractivity contribution in [3.63, 3.8) is 0 Å². The molecule has 1 fully saturated rings. The number of hydrogen-bond acceptors (Lipinski definition) is 6. The maximum atomic E-state index is 12.4. The normalized spacial score (nSPS) is 15.4. The van der Waals surface area contributed by atoms with E-state index in [1.54, 1.807) is 18.5 Å². The van der Waals surface area contributed by atoms with Gasteiger partial charge in [0.1, 0.15) is 10.7 Å². The second-order valence-corrected chi connectivity index (χ2v) is 7.32. The van der Waals surface area contributed by atoms with Crippen molar-refractivity contribution in [3.05, 3.63) is 46.5 Å². The van der Waals surface area contributed by atoms with Crippen LogP contribution in [0.25, 0.3) is 11.0 Å². The lowest BCUT2D eigenvalue weighted by molar-refractivity contribution is 0.103. The summed E-state index contributed by atoms with van der Waals surface area (Å²) < 4.78 is 0. The number of thiazole rings is 1. The number of fused-ring (bicyclic) bond motifs is 1. The van der Waals surface area contributed by atoms with E-state index in [0.29, 0.717) is 16.6 Å². The molecule has 0 saturated carbocycles. The Morgan fingerprint density at radius 3 is 2.96 bits per heavy atom. The number of amides is 1. The molecule has 7 heteroatoms. The molecule has 128 valence electrons. The average molecular weight is 353 g/mol. The minimum Gasteiger partial charge on any atom is -0.317 e. The fourth-order valence-corrected chi connectivity index (χ4v) is 3.97. The van der Waals surface area contributed by atoms with Gasteiger partial charge in [-0.2, -0.15) is 0 Å². The molecule has 0 aromatic carbocycles. The molecule has 3 aromatic heterocycles. The monoisotopic (exact) mass is 353 g/mol. The molecular formula is C18H19N5OS. The molecule has 3 aromatic rings. The zero-order chi connectivity index (χ0) is 17.1. The van der Waals surface area contributed by atoms with Crippen LogP contribution in [-0.4, -0.2) is 33.9 Å². The topological polar surface area (TPSA) is 79.8 Å². The predicted octanol–water partition coefficient (Wildman–Crippen LogP) is 2.88. The molecule has 0 unspecified atom stereocenters. The van der Waals surface area contributed by atoms with Crippen LogP contribution in [0, 0.1) is 5.92 Å². The third-order valence-electron chi connectivity index (χ3n) is 4.40. The predicted molar refractivity (Wildman–Crippen MR) is 98.9 cm³/mol. The highest BCUT2D eigenvalue weighted by Crippen LogP contribution is 2.22. The number of pyridine rings is 2. The summed E-state index contributed by atoms with van der Waals surface area (Å²) in [5.74, 6) is 1.03. The van der Waals surface area contributed by atoms with E-state index in [2.05, 4.69) is 25.6 Å². The van der Waals surface area contributed by atoms with Gasteiger partial charge in [-0.3, -0.25) is 9.78 Å². The average Bonchev–Trinajstić information content (AvgIpc) is 3.11. The van der Waals surface area contributed by atoms with Crippen LogP contribution in [0.2, 0.25) is 0 Å². The molecule has 25 heavy (non-hydrogen) atoms. The van der Waals surface area contributed by atoms with Gasteiger partial charge >= 0.3 is 0 Å². The van der Waals surface area contributed by atoms with Gasteiger partial charge in [-0.25, -0.2) is 9.97 Å². The summed E-state index contributed by atoms with van der Waals surface area (Å²) in [4.78, 5) is 26.2. The molecule has 0 spiro atoms. The van der Waals surface area contributed by atoms with E-state index < -0.39 is 0 Å². The first-order valence-electron chi connectivity index (χ1n) is 8.46. The second-order valence-electron chi connectivity index (χ2n) is 6.21. The lowest BCUT2D eigenvalue weighted by atomic mass is 9.95. The third kappa shape index (κ3) is 3.83. The fraction of sp³-hybridized carbons (Fsp3) is 0.333. The SMILES string of the molecule is O=C(Nc1ccc2ncccc2n1)c1cnc(CC2CCNCC2)s1. The minimum absolute atomic E-state index is 0.162. The van der Waals surface area contributed by atoms with E-state index in [4.69, 9.17) is 0 Å². The Hall–Kier alpha value is -2.38. The lowest BCUT2D eigenvalue weighted by Crippen LogP contribution is -2.28. The largest absolute Gasteiger partial charge is 0.317 e. The number of hydrogen-bond donors (Lipinski definition) is 2. The van der Waals surface area contributed by atoms with Gasteiger partial charge in [0.2, 0.25) is 0 Å². The summed E-state index contributed by atoms with van der Waals surface area (Å²) in [5, 5.41) is 7.26. The molecule has 6 nitrogen and oxygen atoms in total. The Labute approximate surface area is 149 Å². The molecule has 1 aliphatic heterocycles. The number of aromatic nitrogens is 3. The summed E-state index contributed by atoms with van der Waals surface area (Å²) in [5.41, 5.74) is 1.57. The van der Waals surface area contributed by atoms with Crippen molar-refractivity contribution in [2.24, 2.45) is 5.92 Å². The fourth-order valence-electron chi connectivity index (χ4n) is 3.05. The Kier molecular flexibility index (Phi) is 4.67. The van der Waals surface area contributed by atoms with Crippen LogP contribution in [0.5, 0.6) is 0 Å². The Balaban J connectivity index is 1.43. The van der Waals surface area contributed by atoms with Crippen molar-refractivity contribution in [1.29, 1.82) is 0 Å². The van der Waals surface area contributed by atoms with E-state index in [1.807, 2.05) is 18.2 Å². The van der Waals surface area contributed by atoms with Gasteiger partial charge in [0.15, 0.2) is 0 Å². The Morgan fingerprint density at radius 1 is 1.20 bits per heavy atom.